The number of fused-ring (bicyclic) bond motifs is 1. The molecule has 2 N–H and O–H groups in total. The second-order valence-electron chi connectivity index (χ2n) is 5.63. The minimum atomic E-state index is -0.202. The number of benzene rings is 1. The van der Waals surface area contributed by atoms with E-state index in [9.17, 15) is 0 Å². The quantitative estimate of drug-likeness (QED) is 0.935. The van der Waals surface area contributed by atoms with Gasteiger partial charge in [-0.2, -0.15) is 4.98 Å². The first-order chi connectivity index (χ1) is 10.2. The van der Waals surface area contributed by atoms with Crippen LogP contribution in [0.15, 0.2) is 28.8 Å². The maximum Gasteiger partial charge on any atom is 0.243 e. The molecule has 1 aliphatic heterocycles. The molecule has 112 valence electrons. The number of nitrogens with zero attached hydrogens (tertiary/aromatic N) is 2. The summed E-state index contributed by atoms with van der Waals surface area (Å²) in [7, 11) is 0. The summed E-state index contributed by atoms with van der Waals surface area (Å²) < 4.78 is 11.1. The van der Waals surface area contributed by atoms with Crippen molar-refractivity contribution in [3.05, 3.63) is 41.5 Å². The number of hydrogen-bond acceptors (Lipinski definition) is 5. The lowest BCUT2D eigenvalue weighted by Gasteiger charge is -2.23. The van der Waals surface area contributed by atoms with Gasteiger partial charge in [0.15, 0.2) is 5.82 Å². The summed E-state index contributed by atoms with van der Waals surface area (Å²) in [5.41, 5.74) is 7.28. The Morgan fingerprint density at radius 3 is 3.00 bits per heavy atom. The number of rotatable bonds is 4. The van der Waals surface area contributed by atoms with Crippen LogP contribution in [0.25, 0.3) is 0 Å². The van der Waals surface area contributed by atoms with Gasteiger partial charge in [-0.1, -0.05) is 43.6 Å². The van der Waals surface area contributed by atoms with Crippen LogP contribution in [0, 0.1) is 5.92 Å². The van der Waals surface area contributed by atoms with Crippen molar-refractivity contribution < 1.29 is 9.26 Å². The molecular formula is C16H21N3O2. The number of ether oxygens (including phenoxy) is 1. The van der Waals surface area contributed by atoms with E-state index in [-0.39, 0.29) is 12.0 Å². The summed E-state index contributed by atoms with van der Waals surface area (Å²) in [4.78, 5) is 4.54. The highest BCUT2D eigenvalue weighted by Gasteiger charge is 2.28. The molecule has 0 spiro atoms. The summed E-state index contributed by atoms with van der Waals surface area (Å²) in [6, 6.07) is 7.82. The molecule has 1 aliphatic rings. The third-order valence-corrected chi connectivity index (χ3v) is 4.27. The Hall–Kier alpha value is -1.88. The normalized spacial score (nSPS) is 20.4. The van der Waals surface area contributed by atoms with Crippen LogP contribution in [0.5, 0.6) is 5.75 Å². The Bertz CT molecular complexity index is 611. The van der Waals surface area contributed by atoms with Gasteiger partial charge < -0.3 is 15.0 Å². The molecule has 0 amide bonds. The molecule has 1 unspecified atom stereocenters. The molecule has 0 bridgehead atoms. The van der Waals surface area contributed by atoms with Gasteiger partial charge in [-0.05, 0) is 18.4 Å². The van der Waals surface area contributed by atoms with Crippen LogP contribution in [0.3, 0.4) is 0 Å². The molecule has 5 heteroatoms. The van der Waals surface area contributed by atoms with E-state index < -0.39 is 0 Å². The van der Waals surface area contributed by atoms with E-state index in [2.05, 4.69) is 30.1 Å². The molecule has 1 aromatic carbocycles. The van der Waals surface area contributed by atoms with Crippen molar-refractivity contribution in [1.82, 2.24) is 10.1 Å². The van der Waals surface area contributed by atoms with Crippen LogP contribution in [0.2, 0.25) is 0 Å². The van der Waals surface area contributed by atoms with Gasteiger partial charge in [0.1, 0.15) is 5.75 Å². The number of hydrogen-bond donors (Lipinski definition) is 1. The topological polar surface area (TPSA) is 74.2 Å². The highest BCUT2D eigenvalue weighted by Crippen LogP contribution is 2.37. The third kappa shape index (κ3) is 2.65. The van der Waals surface area contributed by atoms with E-state index in [1.165, 1.54) is 0 Å². The smallest absolute Gasteiger partial charge is 0.243 e. The maximum atomic E-state index is 6.17. The molecule has 0 saturated heterocycles. The van der Waals surface area contributed by atoms with Gasteiger partial charge in [-0.15, -0.1) is 0 Å². The van der Waals surface area contributed by atoms with Gasteiger partial charge in [-0.3, -0.25) is 0 Å². The average molecular weight is 287 g/mol. The highest BCUT2D eigenvalue weighted by atomic mass is 16.5. The zero-order chi connectivity index (χ0) is 14.8. The fourth-order valence-corrected chi connectivity index (χ4v) is 2.63. The van der Waals surface area contributed by atoms with Crippen molar-refractivity contribution in [1.29, 1.82) is 0 Å². The molecule has 0 radical (unpaired) electrons. The zero-order valence-corrected chi connectivity index (χ0v) is 12.5. The summed E-state index contributed by atoms with van der Waals surface area (Å²) in [6.45, 7) is 4.87. The maximum absolute atomic E-state index is 6.17. The fraction of sp³-hybridized carbons (Fsp3) is 0.500. The van der Waals surface area contributed by atoms with Crippen LogP contribution >= 0.6 is 0 Å². The van der Waals surface area contributed by atoms with Gasteiger partial charge >= 0.3 is 0 Å². The molecule has 2 aromatic rings. The largest absolute Gasteiger partial charge is 0.493 e. The monoisotopic (exact) mass is 287 g/mol. The Kier molecular flexibility index (Phi) is 3.92. The predicted molar refractivity (Wildman–Crippen MR) is 79.1 cm³/mol. The van der Waals surface area contributed by atoms with Gasteiger partial charge in [0.2, 0.25) is 5.89 Å². The zero-order valence-electron chi connectivity index (χ0n) is 12.5. The van der Waals surface area contributed by atoms with Crippen molar-refractivity contribution in [3.8, 4) is 5.75 Å². The first-order valence-corrected chi connectivity index (χ1v) is 7.51. The molecular weight excluding hydrogens is 266 g/mol. The predicted octanol–water partition coefficient (Wildman–Crippen LogP) is 3.03. The second kappa shape index (κ2) is 5.85. The minimum absolute atomic E-state index is 0.122. The van der Waals surface area contributed by atoms with E-state index in [1.54, 1.807) is 0 Å². The minimum Gasteiger partial charge on any atom is -0.493 e. The summed E-state index contributed by atoms with van der Waals surface area (Å²) >= 11 is 0. The first-order valence-electron chi connectivity index (χ1n) is 7.51. The Morgan fingerprint density at radius 1 is 1.38 bits per heavy atom. The second-order valence-corrected chi connectivity index (χ2v) is 5.63. The lowest BCUT2D eigenvalue weighted by Crippen LogP contribution is -2.19. The number of aromatic nitrogens is 2. The Morgan fingerprint density at radius 2 is 2.19 bits per heavy atom. The van der Waals surface area contributed by atoms with Gasteiger partial charge in [0, 0.05) is 5.56 Å². The van der Waals surface area contributed by atoms with Crippen molar-refractivity contribution in [3.63, 3.8) is 0 Å². The number of nitrogens with two attached hydrogens (primary N) is 1. The average Bonchev–Trinajstić information content (AvgIpc) is 3.02. The van der Waals surface area contributed by atoms with E-state index in [0.29, 0.717) is 24.2 Å². The fourth-order valence-electron chi connectivity index (χ4n) is 2.63. The van der Waals surface area contributed by atoms with Crippen molar-refractivity contribution in [2.24, 2.45) is 11.7 Å². The van der Waals surface area contributed by atoms with Gasteiger partial charge in [-0.25, -0.2) is 0 Å². The van der Waals surface area contributed by atoms with Gasteiger partial charge in [0.05, 0.1) is 18.6 Å². The van der Waals surface area contributed by atoms with Crippen molar-refractivity contribution in [2.45, 2.75) is 38.6 Å². The van der Waals surface area contributed by atoms with Crippen LogP contribution in [0.1, 0.15) is 55.9 Å². The first kappa shape index (κ1) is 14.1. The van der Waals surface area contributed by atoms with Crippen molar-refractivity contribution >= 4 is 0 Å². The third-order valence-electron chi connectivity index (χ3n) is 4.27. The molecule has 3 atom stereocenters. The van der Waals surface area contributed by atoms with Crippen LogP contribution in [-0.2, 0) is 0 Å². The van der Waals surface area contributed by atoms with E-state index in [0.717, 1.165) is 24.2 Å². The molecule has 5 nitrogen and oxygen atoms in total. The summed E-state index contributed by atoms with van der Waals surface area (Å²) in [5, 5.41) is 4.15. The SMILES string of the molecule is CC[C@H](C)[C@H](N)c1nc(C2CCOc3ccccc32)no1. The van der Waals surface area contributed by atoms with Gasteiger partial charge in [0.25, 0.3) is 0 Å². The molecule has 1 aromatic heterocycles. The lowest BCUT2D eigenvalue weighted by atomic mass is 9.92. The Labute approximate surface area is 124 Å². The molecule has 2 heterocycles. The highest BCUT2D eigenvalue weighted by molar-refractivity contribution is 5.40. The van der Waals surface area contributed by atoms with Crippen LogP contribution in [-0.4, -0.2) is 16.7 Å². The summed E-state index contributed by atoms with van der Waals surface area (Å²) in [5.74, 6) is 2.59. The summed E-state index contributed by atoms with van der Waals surface area (Å²) in [6.07, 6.45) is 1.84. The van der Waals surface area contributed by atoms with E-state index in [4.69, 9.17) is 15.0 Å². The standard InChI is InChI=1S/C16H21N3O2/c1-3-10(2)14(17)16-18-15(19-21-16)12-8-9-20-13-7-5-4-6-11(12)13/h4-7,10,12,14H,3,8-9,17H2,1-2H3/t10-,12?,14-/m0/s1. The van der Waals surface area contributed by atoms with Crippen LogP contribution < -0.4 is 10.5 Å². The lowest BCUT2D eigenvalue weighted by molar-refractivity contribution is 0.271. The molecule has 21 heavy (non-hydrogen) atoms. The van der Waals surface area contributed by atoms with Crippen LogP contribution in [0.4, 0.5) is 0 Å². The molecule has 0 saturated carbocycles. The Balaban J connectivity index is 1.88. The molecule has 0 aliphatic carbocycles. The molecule has 0 fully saturated rings. The number of para-hydroxylation sites is 1. The van der Waals surface area contributed by atoms with E-state index >= 15 is 0 Å². The van der Waals surface area contributed by atoms with E-state index in [1.807, 2.05) is 18.2 Å². The molecule has 3 rings (SSSR count). The van der Waals surface area contributed by atoms with Crippen molar-refractivity contribution in [2.75, 3.05) is 6.61 Å².